The van der Waals surface area contributed by atoms with Gasteiger partial charge < -0.3 is 9.47 Å². The number of hydrogen-bond acceptors (Lipinski definition) is 7. The van der Waals surface area contributed by atoms with Gasteiger partial charge in [-0.15, -0.1) is 0 Å². The van der Waals surface area contributed by atoms with Gasteiger partial charge in [0.1, 0.15) is 22.8 Å². The smallest absolute Gasteiger partial charge is 0.419 e. The number of carbonyl (C=O) groups excluding carboxylic acids is 2. The molecule has 0 unspecified atom stereocenters. The summed E-state index contributed by atoms with van der Waals surface area (Å²) in [5.41, 5.74) is 0.427. The average molecular weight is 520 g/mol. The largest absolute Gasteiger partial charge is 0.443 e. The molecule has 9 nitrogen and oxygen atoms in total. The fraction of sp³-hybridized carbons (Fsp3) is 0.321. The molecule has 0 bridgehead atoms. The van der Waals surface area contributed by atoms with E-state index in [0.29, 0.717) is 33.7 Å². The summed E-state index contributed by atoms with van der Waals surface area (Å²) in [6.07, 6.45) is 4.81. The first-order valence-electron chi connectivity index (χ1n) is 12.0. The predicted molar refractivity (Wildman–Crippen MR) is 142 cm³/mol. The minimum Gasteiger partial charge on any atom is -0.443 e. The summed E-state index contributed by atoms with van der Waals surface area (Å²) in [4.78, 5) is 39.5. The number of fused-ring (bicyclic) bond motifs is 1. The number of ether oxygens (including phenoxy) is 2. The van der Waals surface area contributed by atoms with E-state index in [4.69, 9.17) is 9.47 Å². The van der Waals surface area contributed by atoms with E-state index in [9.17, 15) is 9.59 Å². The number of pyridine rings is 3. The number of nitrogens with zero attached hydrogens (tertiary/aromatic N) is 5. The summed E-state index contributed by atoms with van der Waals surface area (Å²) in [6, 6.07) is 8.03. The second kappa shape index (κ2) is 9.85. The molecule has 4 rings (SSSR count). The molecule has 4 heterocycles. The lowest BCUT2D eigenvalue weighted by molar-refractivity contribution is 0.0544. The average Bonchev–Trinajstić information content (AvgIpc) is 3.21. The van der Waals surface area contributed by atoms with Crippen molar-refractivity contribution in [1.82, 2.24) is 19.5 Å². The van der Waals surface area contributed by atoms with Crippen LogP contribution in [0.4, 0.5) is 19.8 Å². The van der Waals surface area contributed by atoms with E-state index in [1.54, 1.807) is 79.1 Å². The van der Waals surface area contributed by atoms with Crippen molar-refractivity contribution in [2.75, 3.05) is 11.9 Å². The van der Waals surface area contributed by atoms with Gasteiger partial charge in [0.15, 0.2) is 0 Å². The van der Waals surface area contributed by atoms with Gasteiger partial charge in [0.2, 0.25) is 0 Å². The van der Waals surface area contributed by atoms with Crippen molar-refractivity contribution >= 4 is 28.9 Å². The molecule has 0 saturated carbocycles. The Hall–Kier alpha value is -4.34. The minimum absolute atomic E-state index is 0.130. The van der Waals surface area contributed by atoms with Crippen LogP contribution < -0.4 is 4.90 Å². The Morgan fingerprint density at radius 1 is 0.921 bits per heavy atom. The molecule has 0 radical (unpaired) electrons. The van der Waals surface area contributed by atoms with Crippen LogP contribution in [-0.4, -0.2) is 50.0 Å². The lowest BCUT2D eigenvalue weighted by atomic mass is 10.1. The molecular weight excluding hydrogens is 489 g/mol. The Bertz CT molecular complexity index is 1500. The molecule has 0 aromatic carbocycles. The first-order valence-corrected chi connectivity index (χ1v) is 12.0. The second-order valence-corrected chi connectivity index (χ2v) is 10.8. The van der Waals surface area contributed by atoms with E-state index in [1.165, 1.54) is 34.1 Å². The van der Waals surface area contributed by atoms with Crippen LogP contribution in [0.3, 0.4) is 0 Å². The number of aromatic nitrogens is 4. The Morgan fingerprint density at radius 2 is 1.63 bits per heavy atom. The molecule has 0 aliphatic rings. The summed E-state index contributed by atoms with van der Waals surface area (Å²) >= 11 is 0. The maximum Gasteiger partial charge on any atom is 0.419 e. The van der Waals surface area contributed by atoms with Crippen LogP contribution in [0.1, 0.15) is 41.5 Å². The number of amides is 1. The third-order valence-electron chi connectivity index (χ3n) is 5.37. The van der Waals surface area contributed by atoms with E-state index in [1.807, 2.05) is 0 Å². The zero-order valence-corrected chi connectivity index (χ0v) is 22.4. The Balaban J connectivity index is 1.66. The van der Waals surface area contributed by atoms with Crippen molar-refractivity contribution in [2.24, 2.45) is 0 Å². The van der Waals surface area contributed by atoms with Gasteiger partial charge in [-0.2, -0.15) is 0 Å². The molecule has 4 aromatic heterocycles. The summed E-state index contributed by atoms with van der Waals surface area (Å²) in [5.74, 6) is -0.207. The fourth-order valence-corrected chi connectivity index (χ4v) is 3.69. The molecule has 0 spiro atoms. The third-order valence-corrected chi connectivity index (χ3v) is 5.37. The summed E-state index contributed by atoms with van der Waals surface area (Å²) in [5, 5.41) is 0.707. The normalized spacial score (nSPS) is 11.9. The number of rotatable bonds is 3. The van der Waals surface area contributed by atoms with Gasteiger partial charge in [0.25, 0.3) is 0 Å². The van der Waals surface area contributed by atoms with Gasteiger partial charge in [0, 0.05) is 42.7 Å². The Kier molecular flexibility index (Phi) is 6.92. The van der Waals surface area contributed by atoms with Crippen molar-refractivity contribution in [2.45, 2.75) is 52.7 Å². The maximum absolute atomic E-state index is 15.5. The molecule has 0 atom stereocenters. The number of halogens is 1. The molecule has 10 heteroatoms. The first kappa shape index (κ1) is 26.7. The van der Waals surface area contributed by atoms with Crippen molar-refractivity contribution in [3.05, 3.63) is 60.9 Å². The van der Waals surface area contributed by atoms with Crippen molar-refractivity contribution in [1.29, 1.82) is 0 Å². The fourth-order valence-electron chi connectivity index (χ4n) is 3.69. The Morgan fingerprint density at radius 3 is 2.24 bits per heavy atom. The van der Waals surface area contributed by atoms with Crippen molar-refractivity contribution < 1.29 is 23.5 Å². The molecular formula is C28H30FN5O4. The summed E-state index contributed by atoms with van der Waals surface area (Å²) in [6.45, 7) is 10.6. The van der Waals surface area contributed by atoms with Gasteiger partial charge in [-0.3, -0.25) is 14.9 Å². The molecule has 0 fully saturated rings. The third kappa shape index (κ3) is 5.80. The monoisotopic (exact) mass is 519 g/mol. The zero-order chi connectivity index (χ0) is 27.8. The molecule has 0 N–H and O–H groups in total. The van der Waals surface area contributed by atoms with Crippen LogP contribution in [0, 0.1) is 5.82 Å². The minimum atomic E-state index is -0.746. The van der Waals surface area contributed by atoms with Crippen LogP contribution in [-0.2, 0) is 9.47 Å². The van der Waals surface area contributed by atoms with Gasteiger partial charge in [-0.25, -0.2) is 23.5 Å². The quantitative estimate of drug-likeness (QED) is 0.306. The van der Waals surface area contributed by atoms with Gasteiger partial charge in [-0.1, -0.05) is 0 Å². The van der Waals surface area contributed by atoms with Gasteiger partial charge >= 0.3 is 12.2 Å². The molecule has 38 heavy (non-hydrogen) atoms. The summed E-state index contributed by atoms with van der Waals surface area (Å²) < 4.78 is 27.7. The molecule has 0 saturated heterocycles. The molecule has 4 aromatic rings. The van der Waals surface area contributed by atoms with Gasteiger partial charge in [0.05, 0.1) is 28.7 Å². The highest BCUT2D eigenvalue weighted by molar-refractivity contribution is 5.96. The first-order chi connectivity index (χ1) is 17.7. The lowest BCUT2D eigenvalue weighted by Crippen LogP contribution is -2.34. The van der Waals surface area contributed by atoms with Crippen LogP contribution in [0.25, 0.3) is 33.4 Å². The summed E-state index contributed by atoms with van der Waals surface area (Å²) in [7, 11) is 1.56. The molecule has 198 valence electrons. The second-order valence-electron chi connectivity index (χ2n) is 10.8. The van der Waals surface area contributed by atoms with Crippen molar-refractivity contribution in [3.63, 3.8) is 0 Å². The maximum atomic E-state index is 15.5. The molecule has 0 aliphatic heterocycles. The van der Waals surface area contributed by atoms with E-state index in [2.05, 4.69) is 15.0 Å². The van der Waals surface area contributed by atoms with E-state index >= 15 is 4.39 Å². The zero-order valence-electron chi connectivity index (χ0n) is 22.4. The SMILES string of the molecule is CN(C(=O)OC(C)(C)C)c1ccc(-c2cc(F)c(-c3cc4ccncc4n3C(=O)OC(C)(C)C)cn2)cn1. The lowest BCUT2D eigenvalue weighted by Gasteiger charge is -2.24. The molecule has 0 aliphatic carbocycles. The highest BCUT2D eigenvalue weighted by atomic mass is 19.1. The Labute approximate surface area is 220 Å². The van der Waals surface area contributed by atoms with Crippen LogP contribution in [0.2, 0.25) is 0 Å². The standard InChI is InChI=1S/C28H30FN5O4/c1-27(2,3)37-25(35)33(7)24-9-8-18(14-32-24)21-13-20(29)19(15-31-21)22-12-17-10-11-30-16-23(17)34(22)26(36)38-28(4,5)6/h8-16H,1-7H3. The van der Waals surface area contributed by atoms with Crippen LogP contribution >= 0.6 is 0 Å². The highest BCUT2D eigenvalue weighted by Crippen LogP contribution is 2.32. The van der Waals surface area contributed by atoms with Crippen LogP contribution in [0.15, 0.2) is 55.1 Å². The number of carbonyl (C=O) groups is 2. The van der Waals surface area contributed by atoms with E-state index in [-0.39, 0.29) is 5.56 Å². The van der Waals surface area contributed by atoms with Gasteiger partial charge in [-0.05, 0) is 65.8 Å². The highest BCUT2D eigenvalue weighted by Gasteiger charge is 2.25. The van der Waals surface area contributed by atoms with E-state index < -0.39 is 29.2 Å². The van der Waals surface area contributed by atoms with Crippen molar-refractivity contribution in [3.8, 4) is 22.5 Å². The predicted octanol–water partition coefficient (Wildman–Crippen LogP) is 6.45. The van der Waals surface area contributed by atoms with E-state index in [0.717, 1.165) is 0 Å². The van der Waals surface area contributed by atoms with Crippen LogP contribution in [0.5, 0.6) is 0 Å². The number of anilines is 1. The molecule has 1 amide bonds. The number of hydrogen-bond donors (Lipinski definition) is 0. The topological polar surface area (TPSA) is 99.4 Å².